The predicted molar refractivity (Wildman–Crippen MR) is 112 cm³/mol. The molecule has 2 aromatic heterocycles. The van der Waals surface area contributed by atoms with Gasteiger partial charge in [-0.15, -0.1) is 0 Å². The molecule has 0 saturated carbocycles. The van der Waals surface area contributed by atoms with Crippen molar-refractivity contribution in [1.82, 2.24) is 19.7 Å². The molecule has 1 N–H and O–H groups in total. The van der Waals surface area contributed by atoms with Gasteiger partial charge in [-0.2, -0.15) is 10.1 Å². The number of anilines is 1. The summed E-state index contributed by atoms with van der Waals surface area (Å²) in [5, 5.41) is 4.86. The van der Waals surface area contributed by atoms with Crippen LogP contribution in [0, 0.1) is 0 Å². The maximum absolute atomic E-state index is 12.7. The van der Waals surface area contributed by atoms with Gasteiger partial charge in [0.15, 0.2) is 5.65 Å². The third kappa shape index (κ3) is 3.35. The third-order valence-corrected chi connectivity index (χ3v) is 5.26. The van der Waals surface area contributed by atoms with Crippen molar-refractivity contribution in [3.63, 3.8) is 0 Å². The molecule has 1 atom stereocenters. The van der Waals surface area contributed by atoms with Crippen LogP contribution in [0.25, 0.3) is 16.7 Å². The molecular weight excluding hydrogens is 366 g/mol. The zero-order valence-electron chi connectivity index (χ0n) is 15.9. The summed E-state index contributed by atoms with van der Waals surface area (Å²) in [4.78, 5) is 22.5. The Hall–Kier alpha value is -3.61. The van der Waals surface area contributed by atoms with Gasteiger partial charge < -0.3 is 9.64 Å². The zero-order valence-corrected chi connectivity index (χ0v) is 15.9. The SMILES string of the molecule is O=c1[nH]c(N2CCCC2COc2ccccc2)nc2c1cnn2-c1ccccc1. The summed E-state index contributed by atoms with van der Waals surface area (Å²) in [5.41, 5.74) is 1.25. The zero-order chi connectivity index (χ0) is 19.6. The van der Waals surface area contributed by atoms with E-state index in [0.717, 1.165) is 30.8 Å². The molecule has 7 heteroatoms. The topological polar surface area (TPSA) is 76.0 Å². The Bertz CT molecular complexity index is 1170. The number of aromatic nitrogens is 4. The van der Waals surface area contributed by atoms with Crippen LogP contribution in [0.4, 0.5) is 5.95 Å². The number of ether oxygens (including phenoxy) is 1. The summed E-state index contributed by atoms with van der Waals surface area (Å²) >= 11 is 0. The molecule has 2 aromatic carbocycles. The van der Waals surface area contributed by atoms with E-state index in [4.69, 9.17) is 9.72 Å². The van der Waals surface area contributed by atoms with Crippen LogP contribution >= 0.6 is 0 Å². The molecule has 1 aliphatic rings. The molecule has 0 bridgehead atoms. The molecule has 1 aliphatic heterocycles. The molecule has 7 nitrogen and oxygen atoms in total. The molecule has 3 heterocycles. The maximum Gasteiger partial charge on any atom is 0.263 e. The first-order chi connectivity index (χ1) is 14.3. The van der Waals surface area contributed by atoms with Gasteiger partial charge in [-0.25, -0.2) is 4.68 Å². The quantitative estimate of drug-likeness (QED) is 0.569. The highest BCUT2D eigenvalue weighted by Crippen LogP contribution is 2.24. The number of hydrogen-bond acceptors (Lipinski definition) is 5. The van der Waals surface area contributed by atoms with Crippen molar-refractivity contribution >= 4 is 17.0 Å². The van der Waals surface area contributed by atoms with Crippen LogP contribution < -0.4 is 15.2 Å². The first kappa shape index (κ1) is 17.5. The summed E-state index contributed by atoms with van der Waals surface area (Å²) in [5.74, 6) is 1.41. The van der Waals surface area contributed by atoms with Crippen molar-refractivity contribution in [1.29, 1.82) is 0 Å². The van der Waals surface area contributed by atoms with E-state index in [2.05, 4.69) is 15.0 Å². The van der Waals surface area contributed by atoms with E-state index >= 15 is 0 Å². The normalized spacial score (nSPS) is 16.4. The van der Waals surface area contributed by atoms with Crippen LogP contribution in [-0.4, -0.2) is 38.9 Å². The summed E-state index contributed by atoms with van der Waals surface area (Å²) in [7, 11) is 0. The lowest BCUT2D eigenvalue weighted by Crippen LogP contribution is -2.36. The Kier molecular flexibility index (Phi) is 4.48. The van der Waals surface area contributed by atoms with E-state index in [1.54, 1.807) is 10.9 Å². The average Bonchev–Trinajstić information content (AvgIpc) is 3.41. The highest BCUT2D eigenvalue weighted by atomic mass is 16.5. The summed E-state index contributed by atoms with van der Waals surface area (Å²) in [6, 6.07) is 19.7. The lowest BCUT2D eigenvalue weighted by Gasteiger charge is -2.25. The Morgan fingerprint density at radius 2 is 1.83 bits per heavy atom. The van der Waals surface area contributed by atoms with E-state index in [-0.39, 0.29) is 11.6 Å². The highest BCUT2D eigenvalue weighted by molar-refractivity contribution is 5.76. The third-order valence-electron chi connectivity index (χ3n) is 5.26. The summed E-state index contributed by atoms with van der Waals surface area (Å²) in [6.07, 6.45) is 3.59. The number of benzene rings is 2. The molecule has 1 saturated heterocycles. The fourth-order valence-corrected chi connectivity index (χ4v) is 3.80. The molecular formula is C22H21N5O2. The molecule has 5 rings (SSSR count). The summed E-state index contributed by atoms with van der Waals surface area (Å²) < 4.78 is 7.67. The Balaban J connectivity index is 1.47. The Morgan fingerprint density at radius 1 is 1.07 bits per heavy atom. The highest BCUT2D eigenvalue weighted by Gasteiger charge is 2.28. The minimum absolute atomic E-state index is 0.156. The second-order valence-corrected chi connectivity index (χ2v) is 7.13. The average molecular weight is 387 g/mol. The smallest absolute Gasteiger partial charge is 0.263 e. The predicted octanol–water partition coefficient (Wildman–Crippen LogP) is 3.16. The van der Waals surface area contributed by atoms with E-state index in [1.807, 2.05) is 60.7 Å². The fraction of sp³-hybridized carbons (Fsp3) is 0.227. The molecule has 0 spiro atoms. The van der Waals surface area contributed by atoms with Crippen LogP contribution in [-0.2, 0) is 0 Å². The van der Waals surface area contributed by atoms with Gasteiger partial charge in [0.1, 0.15) is 17.7 Å². The molecule has 0 amide bonds. The Labute approximate surface area is 167 Å². The standard InChI is InChI=1S/C22H21N5O2/c28-21-19-14-23-27(16-8-3-1-4-9-16)20(19)24-22(25-21)26-13-7-10-17(26)15-29-18-11-5-2-6-12-18/h1-6,8-9,11-12,14,17H,7,10,13,15H2,(H,24,25,28). The lowest BCUT2D eigenvalue weighted by molar-refractivity contribution is 0.288. The van der Waals surface area contributed by atoms with E-state index in [1.165, 1.54) is 0 Å². The van der Waals surface area contributed by atoms with Crippen molar-refractivity contribution in [3.8, 4) is 11.4 Å². The molecule has 0 aliphatic carbocycles. The van der Waals surface area contributed by atoms with Gasteiger partial charge in [-0.05, 0) is 37.1 Å². The molecule has 1 unspecified atom stereocenters. The maximum atomic E-state index is 12.7. The second-order valence-electron chi connectivity index (χ2n) is 7.13. The van der Waals surface area contributed by atoms with Crippen LogP contribution in [0.1, 0.15) is 12.8 Å². The molecule has 1 fully saturated rings. The lowest BCUT2D eigenvalue weighted by atomic mass is 10.2. The van der Waals surface area contributed by atoms with Gasteiger partial charge in [0.25, 0.3) is 5.56 Å². The van der Waals surface area contributed by atoms with Gasteiger partial charge in [0.2, 0.25) is 5.95 Å². The monoisotopic (exact) mass is 387 g/mol. The second kappa shape index (κ2) is 7.43. The number of nitrogens with one attached hydrogen (secondary N) is 1. The number of nitrogens with zero attached hydrogens (tertiary/aromatic N) is 4. The van der Waals surface area contributed by atoms with Gasteiger partial charge in [0.05, 0.1) is 17.9 Å². The van der Waals surface area contributed by atoms with Crippen LogP contribution in [0.3, 0.4) is 0 Å². The van der Waals surface area contributed by atoms with Crippen molar-refractivity contribution in [2.24, 2.45) is 0 Å². The number of rotatable bonds is 5. The van der Waals surface area contributed by atoms with Crippen molar-refractivity contribution in [2.75, 3.05) is 18.1 Å². The minimum Gasteiger partial charge on any atom is -0.491 e. The largest absolute Gasteiger partial charge is 0.491 e. The van der Waals surface area contributed by atoms with Crippen LogP contribution in [0.2, 0.25) is 0 Å². The minimum atomic E-state index is -0.179. The first-order valence-electron chi connectivity index (χ1n) is 9.77. The number of aromatic amines is 1. The fourth-order valence-electron chi connectivity index (χ4n) is 3.80. The van der Waals surface area contributed by atoms with Gasteiger partial charge in [-0.3, -0.25) is 9.78 Å². The van der Waals surface area contributed by atoms with E-state index < -0.39 is 0 Å². The van der Waals surface area contributed by atoms with Crippen LogP contribution in [0.15, 0.2) is 71.7 Å². The van der Waals surface area contributed by atoms with Crippen molar-refractivity contribution in [2.45, 2.75) is 18.9 Å². The van der Waals surface area contributed by atoms with E-state index in [0.29, 0.717) is 23.6 Å². The van der Waals surface area contributed by atoms with Gasteiger partial charge in [0, 0.05) is 6.54 Å². The number of H-pyrrole nitrogens is 1. The number of fused-ring (bicyclic) bond motifs is 1. The first-order valence-corrected chi connectivity index (χ1v) is 9.77. The van der Waals surface area contributed by atoms with Crippen LogP contribution in [0.5, 0.6) is 5.75 Å². The number of para-hydroxylation sites is 2. The Morgan fingerprint density at radius 3 is 2.62 bits per heavy atom. The van der Waals surface area contributed by atoms with Crippen molar-refractivity contribution in [3.05, 3.63) is 77.2 Å². The van der Waals surface area contributed by atoms with Gasteiger partial charge in [-0.1, -0.05) is 36.4 Å². The molecule has 146 valence electrons. The van der Waals surface area contributed by atoms with Crippen molar-refractivity contribution < 1.29 is 4.74 Å². The molecule has 29 heavy (non-hydrogen) atoms. The summed E-state index contributed by atoms with van der Waals surface area (Å²) in [6.45, 7) is 1.38. The number of hydrogen-bond donors (Lipinski definition) is 1. The van der Waals surface area contributed by atoms with Gasteiger partial charge >= 0.3 is 0 Å². The van der Waals surface area contributed by atoms with E-state index in [9.17, 15) is 4.79 Å². The molecule has 4 aromatic rings. The molecule has 0 radical (unpaired) electrons.